The van der Waals surface area contributed by atoms with Crippen molar-refractivity contribution in [1.29, 1.82) is 0 Å². The highest BCUT2D eigenvalue weighted by atomic mass is 16.3. The van der Waals surface area contributed by atoms with E-state index in [1.54, 1.807) is 0 Å². The van der Waals surface area contributed by atoms with Crippen LogP contribution in [0.2, 0.25) is 0 Å². The Hall–Kier alpha value is -7.43. The van der Waals surface area contributed by atoms with Gasteiger partial charge in [-0.25, -0.2) is 15.0 Å². The maximum Gasteiger partial charge on any atom is 0.164 e. The second-order valence-electron chi connectivity index (χ2n) is 14.0. The molecule has 0 amide bonds. The molecule has 0 N–H and O–H groups in total. The van der Waals surface area contributed by atoms with Crippen molar-refractivity contribution in [1.82, 2.24) is 15.0 Å². The summed E-state index contributed by atoms with van der Waals surface area (Å²) in [7, 11) is 0. The number of nitrogens with zero attached hydrogens (tertiary/aromatic N) is 3. The van der Waals surface area contributed by atoms with Gasteiger partial charge in [-0.2, -0.15) is 0 Å². The molecule has 0 fully saturated rings. The number of aromatic nitrogens is 3. The van der Waals surface area contributed by atoms with Crippen LogP contribution in [-0.2, 0) is 0 Å². The highest BCUT2D eigenvalue weighted by molar-refractivity contribution is 6.21. The predicted octanol–water partition coefficient (Wildman–Crippen LogP) is 13.6. The van der Waals surface area contributed by atoms with E-state index in [2.05, 4.69) is 164 Å². The van der Waals surface area contributed by atoms with Crippen molar-refractivity contribution in [3.63, 3.8) is 0 Å². The van der Waals surface area contributed by atoms with Gasteiger partial charge < -0.3 is 4.42 Å². The van der Waals surface area contributed by atoms with Crippen LogP contribution in [0.25, 0.3) is 111 Å². The van der Waals surface area contributed by atoms with Gasteiger partial charge in [0.25, 0.3) is 0 Å². The van der Waals surface area contributed by atoms with Crippen LogP contribution in [-0.4, -0.2) is 15.0 Å². The lowest BCUT2D eigenvalue weighted by molar-refractivity contribution is 0.669. The second kappa shape index (κ2) is 12.6. The molecule has 0 saturated carbocycles. The van der Waals surface area contributed by atoms with Crippen molar-refractivity contribution < 1.29 is 4.42 Å². The Kier molecular flexibility index (Phi) is 7.14. The van der Waals surface area contributed by atoms with Gasteiger partial charge in [-0.05, 0) is 78.8 Å². The Bertz CT molecular complexity index is 3260. The van der Waals surface area contributed by atoms with E-state index in [9.17, 15) is 0 Å². The lowest BCUT2D eigenvalue weighted by atomic mass is 9.85. The molecule has 2 aromatic heterocycles. The summed E-state index contributed by atoms with van der Waals surface area (Å²) in [5, 5.41) is 9.39. The van der Waals surface area contributed by atoms with Gasteiger partial charge in [-0.3, -0.25) is 0 Å². The fraction of sp³-hybridized carbons (Fsp3) is 0. The van der Waals surface area contributed by atoms with Crippen molar-refractivity contribution in [3.05, 3.63) is 188 Å². The average molecular weight is 702 g/mol. The third kappa shape index (κ3) is 5.26. The Morgan fingerprint density at radius 1 is 0.273 bits per heavy atom. The fourth-order valence-electron chi connectivity index (χ4n) is 8.09. The van der Waals surface area contributed by atoms with Crippen molar-refractivity contribution in [2.75, 3.05) is 0 Å². The van der Waals surface area contributed by atoms with E-state index in [1.807, 2.05) is 24.3 Å². The molecule has 0 spiro atoms. The van der Waals surface area contributed by atoms with Crippen LogP contribution in [0.15, 0.2) is 192 Å². The van der Waals surface area contributed by atoms with Crippen LogP contribution in [0, 0.1) is 0 Å². The number of furan rings is 1. The van der Waals surface area contributed by atoms with Crippen LogP contribution >= 0.6 is 0 Å². The molecule has 11 aromatic rings. The molecule has 0 unspecified atom stereocenters. The van der Waals surface area contributed by atoms with Crippen LogP contribution in [0.5, 0.6) is 0 Å². The first kappa shape index (κ1) is 31.1. The molecule has 0 atom stereocenters. The third-order valence-electron chi connectivity index (χ3n) is 10.7. The first-order valence-corrected chi connectivity index (χ1v) is 18.5. The zero-order valence-electron chi connectivity index (χ0n) is 29.6. The van der Waals surface area contributed by atoms with Crippen LogP contribution < -0.4 is 0 Å². The van der Waals surface area contributed by atoms with E-state index in [0.717, 1.165) is 49.6 Å². The molecule has 4 heteroatoms. The molecular formula is C51H31N3O. The van der Waals surface area contributed by atoms with Gasteiger partial charge >= 0.3 is 0 Å². The molecule has 256 valence electrons. The summed E-state index contributed by atoms with van der Waals surface area (Å²) in [5.74, 6) is 1.81. The Balaban J connectivity index is 1.09. The van der Waals surface area contributed by atoms with Gasteiger partial charge in [-0.1, -0.05) is 164 Å². The standard InChI is InChI=1S/C51H31N3O/c1-2-13-33(14-3-1)47-43-19-8-6-16-39(43)40-17-7-9-20-44(40)48(47)34-23-25-35(26-24-34)49-52-50(37-27-22-32-12-4-5-15-36(32)30-37)54-51(53-49)38-28-29-42-41-18-10-11-21-45(41)55-46(42)31-38/h1-31H. The van der Waals surface area contributed by atoms with Crippen molar-refractivity contribution in [2.45, 2.75) is 0 Å². The second-order valence-corrected chi connectivity index (χ2v) is 14.0. The fourth-order valence-corrected chi connectivity index (χ4v) is 8.09. The molecule has 4 nitrogen and oxygen atoms in total. The summed E-state index contributed by atoms with van der Waals surface area (Å²) in [6, 6.07) is 65.9. The number of hydrogen-bond donors (Lipinski definition) is 0. The summed E-state index contributed by atoms with van der Waals surface area (Å²) < 4.78 is 6.28. The van der Waals surface area contributed by atoms with Crippen molar-refractivity contribution >= 4 is 54.3 Å². The topological polar surface area (TPSA) is 51.8 Å². The van der Waals surface area contributed by atoms with Crippen molar-refractivity contribution in [3.8, 4) is 56.4 Å². The Morgan fingerprint density at radius 2 is 0.727 bits per heavy atom. The maximum absolute atomic E-state index is 6.28. The minimum absolute atomic E-state index is 0.589. The van der Waals surface area contributed by atoms with Crippen LogP contribution in [0.1, 0.15) is 0 Å². The van der Waals surface area contributed by atoms with E-state index in [0.29, 0.717) is 17.5 Å². The highest BCUT2D eigenvalue weighted by Gasteiger charge is 2.19. The first-order valence-electron chi connectivity index (χ1n) is 18.5. The summed E-state index contributed by atoms with van der Waals surface area (Å²) in [5.41, 5.74) is 9.11. The molecule has 0 aliphatic carbocycles. The summed E-state index contributed by atoms with van der Waals surface area (Å²) in [4.78, 5) is 15.3. The SMILES string of the molecule is c1ccc(-c2c(-c3ccc(-c4nc(-c5ccc6ccccc6c5)nc(-c5ccc6c(c5)oc5ccccc56)n4)cc3)c3ccccc3c3ccccc23)cc1. The van der Waals surface area contributed by atoms with E-state index in [4.69, 9.17) is 19.4 Å². The Morgan fingerprint density at radius 3 is 1.42 bits per heavy atom. The van der Waals surface area contributed by atoms with Gasteiger partial charge in [0.2, 0.25) is 0 Å². The van der Waals surface area contributed by atoms with Crippen molar-refractivity contribution in [2.24, 2.45) is 0 Å². The third-order valence-corrected chi connectivity index (χ3v) is 10.7. The summed E-state index contributed by atoms with van der Waals surface area (Å²) in [6.45, 7) is 0. The monoisotopic (exact) mass is 701 g/mol. The zero-order valence-corrected chi connectivity index (χ0v) is 29.6. The van der Waals surface area contributed by atoms with Gasteiger partial charge in [0, 0.05) is 27.5 Å². The van der Waals surface area contributed by atoms with Gasteiger partial charge in [-0.15, -0.1) is 0 Å². The molecule has 0 aliphatic rings. The number of benzene rings is 9. The van der Waals surface area contributed by atoms with E-state index < -0.39 is 0 Å². The van der Waals surface area contributed by atoms with E-state index in [1.165, 1.54) is 43.6 Å². The molecule has 11 rings (SSSR count). The molecule has 0 saturated heterocycles. The normalized spacial score (nSPS) is 11.6. The van der Waals surface area contributed by atoms with Gasteiger partial charge in [0.05, 0.1) is 0 Å². The van der Waals surface area contributed by atoms with Crippen LogP contribution in [0.4, 0.5) is 0 Å². The largest absolute Gasteiger partial charge is 0.456 e. The average Bonchev–Trinajstić information content (AvgIpc) is 3.64. The van der Waals surface area contributed by atoms with Crippen LogP contribution in [0.3, 0.4) is 0 Å². The lowest BCUT2D eigenvalue weighted by Gasteiger charge is -2.18. The number of rotatable bonds is 5. The highest BCUT2D eigenvalue weighted by Crippen LogP contribution is 2.45. The summed E-state index contributed by atoms with van der Waals surface area (Å²) >= 11 is 0. The molecule has 2 heterocycles. The molecule has 0 bridgehead atoms. The van der Waals surface area contributed by atoms with E-state index in [-0.39, 0.29) is 0 Å². The smallest absolute Gasteiger partial charge is 0.164 e. The van der Waals surface area contributed by atoms with Gasteiger partial charge in [0.15, 0.2) is 17.5 Å². The summed E-state index contributed by atoms with van der Waals surface area (Å²) in [6.07, 6.45) is 0. The first-order chi connectivity index (χ1) is 27.2. The number of fused-ring (bicyclic) bond motifs is 7. The molecule has 0 radical (unpaired) electrons. The molecule has 0 aliphatic heterocycles. The number of para-hydroxylation sites is 1. The predicted molar refractivity (Wildman–Crippen MR) is 227 cm³/mol. The minimum Gasteiger partial charge on any atom is -0.456 e. The van der Waals surface area contributed by atoms with E-state index >= 15 is 0 Å². The molecule has 55 heavy (non-hydrogen) atoms. The molecule has 9 aromatic carbocycles. The number of hydrogen-bond acceptors (Lipinski definition) is 4. The lowest BCUT2D eigenvalue weighted by Crippen LogP contribution is -2.00. The molecular weight excluding hydrogens is 671 g/mol. The van der Waals surface area contributed by atoms with Gasteiger partial charge in [0.1, 0.15) is 11.2 Å². The minimum atomic E-state index is 0.589. The Labute approximate surface area is 317 Å². The quantitative estimate of drug-likeness (QED) is 0.168. The zero-order chi connectivity index (χ0) is 36.3. The maximum atomic E-state index is 6.28.